The molecule has 0 aliphatic carbocycles. The van der Waals surface area contributed by atoms with Crippen LogP contribution in [0.5, 0.6) is 0 Å². The van der Waals surface area contributed by atoms with Gasteiger partial charge in [-0.05, 0) is 48.7 Å². The van der Waals surface area contributed by atoms with Crippen LogP contribution < -0.4 is 10.2 Å². The van der Waals surface area contributed by atoms with E-state index in [9.17, 15) is 9.59 Å². The molecule has 1 aliphatic heterocycles. The van der Waals surface area contributed by atoms with Crippen molar-refractivity contribution >= 4 is 17.6 Å². The normalized spacial score (nSPS) is 16.4. The van der Waals surface area contributed by atoms with Crippen molar-refractivity contribution in [2.75, 3.05) is 18.5 Å². The SMILES string of the molecule is CN(C(=O)NCc1cccc(-n2cccn2)c1)C1CCCN(c2ccccc2)C1=O. The summed E-state index contributed by atoms with van der Waals surface area (Å²) in [5.74, 6) is -0.0363. The Morgan fingerprint density at radius 3 is 2.70 bits per heavy atom. The summed E-state index contributed by atoms with van der Waals surface area (Å²) < 4.78 is 1.77. The van der Waals surface area contributed by atoms with Gasteiger partial charge in [0.05, 0.1) is 5.69 Å². The van der Waals surface area contributed by atoms with Crippen LogP contribution in [0.4, 0.5) is 10.5 Å². The van der Waals surface area contributed by atoms with Gasteiger partial charge in [0.15, 0.2) is 0 Å². The highest BCUT2D eigenvalue weighted by atomic mass is 16.2. The lowest BCUT2D eigenvalue weighted by Gasteiger charge is -2.36. The number of benzene rings is 2. The average molecular weight is 403 g/mol. The first-order chi connectivity index (χ1) is 14.6. The van der Waals surface area contributed by atoms with E-state index in [0.717, 1.165) is 23.4 Å². The minimum absolute atomic E-state index is 0.0363. The van der Waals surface area contributed by atoms with Gasteiger partial charge in [0, 0.05) is 38.2 Å². The Balaban J connectivity index is 1.39. The molecule has 1 aliphatic rings. The van der Waals surface area contributed by atoms with Crippen LogP contribution in [0.3, 0.4) is 0 Å². The molecule has 4 rings (SSSR count). The van der Waals surface area contributed by atoms with Crippen LogP contribution in [-0.4, -0.2) is 46.3 Å². The van der Waals surface area contributed by atoms with Crippen LogP contribution in [0.2, 0.25) is 0 Å². The number of amides is 3. The van der Waals surface area contributed by atoms with Crippen molar-refractivity contribution in [3.05, 3.63) is 78.6 Å². The Morgan fingerprint density at radius 2 is 1.93 bits per heavy atom. The number of urea groups is 1. The van der Waals surface area contributed by atoms with E-state index in [1.807, 2.05) is 66.9 Å². The fourth-order valence-corrected chi connectivity index (χ4v) is 3.75. The Labute approximate surface area is 175 Å². The number of likely N-dealkylation sites (N-methyl/N-ethyl adjacent to an activating group) is 1. The van der Waals surface area contributed by atoms with Crippen LogP contribution >= 0.6 is 0 Å². The first-order valence-corrected chi connectivity index (χ1v) is 10.1. The second kappa shape index (κ2) is 8.82. The minimum Gasteiger partial charge on any atom is -0.334 e. The number of carbonyl (C=O) groups is 2. The van der Waals surface area contributed by atoms with Crippen molar-refractivity contribution in [3.8, 4) is 5.69 Å². The fourth-order valence-electron chi connectivity index (χ4n) is 3.75. The predicted octanol–water partition coefficient (Wildman–Crippen LogP) is 3.21. The van der Waals surface area contributed by atoms with Crippen molar-refractivity contribution in [2.24, 2.45) is 0 Å². The van der Waals surface area contributed by atoms with Crippen molar-refractivity contribution in [1.29, 1.82) is 0 Å². The largest absolute Gasteiger partial charge is 0.334 e. The van der Waals surface area contributed by atoms with Gasteiger partial charge in [0.2, 0.25) is 5.91 Å². The molecule has 1 N–H and O–H groups in total. The third-order valence-electron chi connectivity index (χ3n) is 5.39. The highest BCUT2D eigenvalue weighted by Gasteiger charge is 2.34. The number of nitrogens with zero attached hydrogens (tertiary/aromatic N) is 4. The number of piperidine rings is 1. The molecule has 0 radical (unpaired) electrons. The molecule has 0 saturated carbocycles. The first-order valence-electron chi connectivity index (χ1n) is 10.1. The molecule has 1 aromatic heterocycles. The highest BCUT2D eigenvalue weighted by Crippen LogP contribution is 2.23. The van der Waals surface area contributed by atoms with E-state index in [1.165, 1.54) is 4.90 Å². The number of carbonyl (C=O) groups excluding carboxylic acids is 2. The third kappa shape index (κ3) is 4.20. The Bertz CT molecular complexity index is 1000. The number of hydrogen-bond donors (Lipinski definition) is 1. The molecule has 0 spiro atoms. The van der Waals surface area contributed by atoms with Crippen molar-refractivity contribution in [2.45, 2.75) is 25.4 Å². The quantitative estimate of drug-likeness (QED) is 0.711. The Hall–Kier alpha value is -3.61. The van der Waals surface area contributed by atoms with Crippen LogP contribution in [-0.2, 0) is 11.3 Å². The maximum Gasteiger partial charge on any atom is 0.318 e. The number of aromatic nitrogens is 2. The third-order valence-corrected chi connectivity index (χ3v) is 5.39. The smallest absolute Gasteiger partial charge is 0.318 e. The van der Waals surface area contributed by atoms with Crippen LogP contribution in [0.1, 0.15) is 18.4 Å². The van der Waals surface area contributed by atoms with E-state index in [4.69, 9.17) is 0 Å². The zero-order valence-electron chi connectivity index (χ0n) is 16.9. The summed E-state index contributed by atoms with van der Waals surface area (Å²) in [7, 11) is 1.69. The molecule has 1 atom stereocenters. The van der Waals surface area contributed by atoms with Crippen LogP contribution in [0.15, 0.2) is 73.1 Å². The van der Waals surface area contributed by atoms with E-state index < -0.39 is 6.04 Å². The second-order valence-corrected chi connectivity index (χ2v) is 7.37. The molecule has 7 heteroatoms. The number of rotatable bonds is 5. The molecule has 7 nitrogen and oxygen atoms in total. The molecule has 0 bridgehead atoms. The van der Waals surface area contributed by atoms with Gasteiger partial charge in [0.1, 0.15) is 6.04 Å². The number of nitrogens with one attached hydrogen (secondary N) is 1. The molecule has 1 unspecified atom stereocenters. The van der Waals surface area contributed by atoms with Gasteiger partial charge in [-0.1, -0.05) is 30.3 Å². The summed E-state index contributed by atoms with van der Waals surface area (Å²) >= 11 is 0. The number of anilines is 1. The second-order valence-electron chi connectivity index (χ2n) is 7.37. The molecule has 30 heavy (non-hydrogen) atoms. The zero-order valence-corrected chi connectivity index (χ0v) is 16.9. The van der Waals surface area contributed by atoms with E-state index in [2.05, 4.69) is 10.4 Å². The fraction of sp³-hybridized carbons (Fsp3) is 0.261. The van der Waals surface area contributed by atoms with Gasteiger partial charge in [-0.15, -0.1) is 0 Å². The topological polar surface area (TPSA) is 70.5 Å². The summed E-state index contributed by atoms with van der Waals surface area (Å²) in [5, 5.41) is 7.16. The monoisotopic (exact) mass is 403 g/mol. The van der Waals surface area contributed by atoms with E-state index in [0.29, 0.717) is 19.5 Å². The van der Waals surface area contributed by atoms with E-state index in [1.54, 1.807) is 22.8 Å². The molecule has 3 amide bonds. The number of hydrogen-bond acceptors (Lipinski definition) is 3. The molecule has 1 saturated heterocycles. The molecule has 2 heterocycles. The van der Waals surface area contributed by atoms with Gasteiger partial charge in [-0.3, -0.25) is 4.79 Å². The van der Waals surface area contributed by atoms with Crippen LogP contribution in [0, 0.1) is 0 Å². The summed E-state index contributed by atoms with van der Waals surface area (Å²) in [5.41, 5.74) is 2.77. The molecule has 1 fully saturated rings. The molecule has 154 valence electrons. The van der Waals surface area contributed by atoms with Gasteiger partial charge < -0.3 is 15.1 Å². The Morgan fingerprint density at radius 1 is 1.13 bits per heavy atom. The van der Waals surface area contributed by atoms with Gasteiger partial charge in [-0.2, -0.15) is 5.10 Å². The van der Waals surface area contributed by atoms with Crippen molar-refractivity contribution in [3.63, 3.8) is 0 Å². The van der Waals surface area contributed by atoms with E-state index in [-0.39, 0.29) is 11.9 Å². The van der Waals surface area contributed by atoms with Gasteiger partial charge in [-0.25, -0.2) is 9.48 Å². The van der Waals surface area contributed by atoms with E-state index >= 15 is 0 Å². The lowest BCUT2D eigenvalue weighted by molar-refractivity contribution is -0.123. The molecular formula is C23H25N5O2. The number of para-hydroxylation sites is 1. The molecule has 3 aromatic rings. The maximum absolute atomic E-state index is 13.0. The zero-order chi connectivity index (χ0) is 20.9. The lowest BCUT2D eigenvalue weighted by Crippen LogP contribution is -2.55. The average Bonchev–Trinajstić information content (AvgIpc) is 3.33. The Kier molecular flexibility index (Phi) is 5.79. The van der Waals surface area contributed by atoms with Gasteiger partial charge >= 0.3 is 6.03 Å². The van der Waals surface area contributed by atoms with Crippen molar-refractivity contribution in [1.82, 2.24) is 20.0 Å². The molecular weight excluding hydrogens is 378 g/mol. The summed E-state index contributed by atoms with van der Waals surface area (Å²) in [6.45, 7) is 1.05. The predicted molar refractivity (Wildman–Crippen MR) is 115 cm³/mol. The van der Waals surface area contributed by atoms with Crippen molar-refractivity contribution < 1.29 is 9.59 Å². The first kappa shape index (κ1) is 19.7. The minimum atomic E-state index is -0.464. The summed E-state index contributed by atoms with van der Waals surface area (Å²) in [6.07, 6.45) is 5.12. The lowest BCUT2D eigenvalue weighted by atomic mass is 10.0. The standard InChI is InChI=1S/C23H25N5O2/c1-26(21-12-6-14-27(22(21)29)19-9-3-2-4-10-19)23(30)24-17-18-8-5-11-20(16-18)28-15-7-13-25-28/h2-5,7-11,13,15-16,21H,6,12,14,17H2,1H3,(H,24,30). The van der Waals surface area contributed by atoms with Crippen LogP contribution in [0.25, 0.3) is 5.69 Å². The summed E-state index contributed by atoms with van der Waals surface area (Å²) in [6, 6.07) is 18.6. The summed E-state index contributed by atoms with van der Waals surface area (Å²) in [4.78, 5) is 29.1. The highest BCUT2D eigenvalue weighted by molar-refractivity contribution is 5.99. The maximum atomic E-state index is 13.0. The van der Waals surface area contributed by atoms with Gasteiger partial charge in [0.25, 0.3) is 0 Å². The molecule has 2 aromatic carbocycles.